The lowest BCUT2D eigenvalue weighted by atomic mass is 10.1. The zero-order valence-electron chi connectivity index (χ0n) is 10.8. The average Bonchev–Trinajstić information content (AvgIpc) is 2.95. The minimum Gasteiger partial charge on any atom is -0.373 e. The van der Waals surface area contributed by atoms with E-state index in [1.165, 1.54) is 12.0 Å². The highest BCUT2D eigenvalue weighted by molar-refractivity contribution is 5.87. The van der Waals surface area contributed by atoms with E-state index in [1.807, 2.05) is 18.2 Å². The van der Waals surface area contributed by atoms with Crippen LogP contribution in [0.3, 0.4) is 0 Å². The number of benzene rings is 1. The lowest BCUT2D eigenvalue weighted by molar-refractivity contribution is -0.122. The third-order valence-corrected chi connectivity index (χ3v) is 4.13. The first-order chi connectivity index (χ1) is 8.72. The van der Waals surface area contributed by atoms with Crippen LogP contribution in [-0.2, 0) is 11.2 Å². The SMILES string of the molecule is CC1CCC(NC(=O)C2Cc3ccccc3N2)C1. The van der Waals surface area contributed by atoms with Crippen LogP contribution in [0.4, 0.5) is 5.69 Å². The largest absolute Gasteiger partial charge is 0.373 e. The van der Waals surface area contributed by atoms with Crippen LogP contribution in [0.25, 0.3) is 0 Å². The first-order valence-electron chi connectivity index (χ1n) is 6.87. The summed E-state index contributed by atoms with van der Waals surface area (Å²) < 4.78 is 0. The fourth-order valence-electron chi connectivity index (χ4n) is 3.10. The highest BCUT2D eigenvalue weighted by Crippen LogP contribution is 2.27. The summed E-state index contributed by atoms with van der Waals surface area (Å²) in [5, 5.41) is 6.49. The molecule has 1 heterocycles. The summed E-state index contributed by atoms with van der Waals surface area (Å²) in [7, 11) is 0. The van der Waals surface area contributed by atoms with E-state index in [0.29, 0.717) is 6.04 Å². The summed E-state index contributed by atoms with van der Waals surface area (Å²) in [6, 6.07) is 8.47. The van der Waals surface area contributed by atoms with Crippen LogP contribution in [0.2, 0.25) is 0 Å². The van der Waals surface area contributed by atoms with E-state index in [-0.39, 0.29) is 11.9 Å². The van der Waals surface area contributed by atoms with Gasteiger partial charge in [-0.3, -0.25) is 4.79 Å². The molecule has 0 radical (unpaired) electrons. The van der Waals surface area contributed by atoms with Gasteiger partial charge in [0.2, 0.25) is 5.91 Å². The van der Waals surface area contributed by atoms with Crippen LogP contribution in [0.15, 0.2) is 24.3 Å². The molecule has 0 bridgehead atoms. The van der Waals surface area contributed by atoms with Crippen molar-refractivity contribution in [3.05, 3.63) is 29.8 Å². The summed E-state index contributed by atoms with van der Waals surface area (Å²) in [6.07, 6.45) is 4.31. The number of anilines is 1. The second-order valence-electron chi connectivity index (χ2n) is 5.68. The number of nitrogens with one attached hydrogen (secondary N) is 2. The van der Waals surface area contributed by atoms with E-state index in [4.69, 9.17) is 0 Å². The number of hydrogen-bond donors (Lipinski definition) is 2. The van der Waals surface area contributed by atoms with Gasteiger partial charge in [-0.05, 0) is 36.8 Å². The van der Waals surface area contributed by atoms with Crippen molar-refractivity contribution in [2.75, 3.05) is 5.32 Å². The molecule has 1 fully saturated rings. The van der Waals surface area contributed by atoms with E-state index in [2.05, 4.69) is 23.6 Å². The van der Waals surface area contributed by atoms with Gasteiger partial charge in [0.1, 0.15) is 6.04 Å². The minimum absolute atomic E-state index is 0.0849. The molecule has 3 rings (SSSR count). The molecule has 0 spiro atoms. The number of amides is 1. The second-order valence-corrected chi connectivity index (χ2v) is 5.68. The zero-order valence-corrected chi connectivity index (χ0v) is 10.8. The maximum atomic E-state index is 12.2. The van der Waals surface area contributed by atoms with Gasteiger partial charge in [-0.1, -0.05) is 25.1 Å². The van der Waals surface area contributed by atoms with Crippen LogP contribution in [0.5, 0.6) is 0 Å². The van der Waals surface area contributed by atoms with Crippen molar-refractivity contribution >= 4 is 11.6 Å². The number of carbonyl (C=O) groups is 1. The third kappa shape index (κ3) is 2.22. The predicted octanol–water partition coefficient (Wildman–Crippen LogP) is 2.33. The van der Waals surface area contributed by atoms with Gasteiger partial charge >= 0.3 is 0 Å². The third-order valence-electron chi connectivity index (χ3n) is 4.13. The molecule has 0 saturated heterocycles. The van der Waals surface area contributed by atoms with Crippen LogP contribution in [-0.4, -0.2) is 18.0 Å². The topological polar surface area (TPSA) is 41.1 Å². The van der Waals surface area contributed by atoms with Gasteiger partial charge in [0.05, 0.1) is 0 Å². The van der Waals surface area contributed by atoms with E-state index in [0.717, 1.165) is 30.9 Å². The van der Waals surface area contributed by atoms with Crippen molar-refractivity contribution in [2.24, 2.45) is 5.92 Å². The van der Waals surface area contributed by atoms with Crippen LogP contribution in [0.1, 0.15) is 31.7 Å². The second kappa shape index (κ2) is 4.63. The molecule has 1 aromatic carbocycles. The van der Waals surface area contributed by atoms with Crippen molar-refractivity contribution in [3.63, 3.8) is 0 Å². The standard InChI is InChI=1S/C15H20N2O/c1-10-6-7-12(8-10)16-15(18)14-9-11-4-2-3-5-13(11)17-14/h2-5,10,12,14,17H,6-9H2,1H3,(H,16,18). The number of fused-ring (bicyclic) bond motifs is 1. The Labute approximate surface area is 108 Å². The molecule has 1 saturated carbocycles. The Morgan fingerprint density at radius 1 is 1.33 bits per heavy atom. The zero-order chi connectivity index (χ0) is 12.5. The summed E-state index contributed by atoms with van der Waals surface area (Å²) >= 11 is 0. The van der Waals surface area contributed by atoms with E-state index >= 15 is 0 Å². The summed E-state index contributed by atoms with van der Waals surface area (Å²) in [5.74, 6) is 0.911. The summed E-state index contributed by atoms with van der Waals surface area (Å²) in [5.41, 5.74) is 2.36. The average molecular weight is 244 g/mol. The van der Waals surface area contributed by atoms with E-state index in [1.54, 1.807) is 0 Å². The molecule has 2 aliphatic rings. The number of rotatable bonds is 2. The highest BCUT2D eigenvalue weighted by atomic mass is 16.2. The molecule has 3 atom stereocenters. The Hall–Kier alpha value is -1.51. The van der Waals surface area contributed by atoms with Crippen molar-refractivity contribution in [1.82, 2.24) is 5.32 Å². The molecule has 3 unspecified atom stereocenters. The minimum atomic E-state index is -0.0849. The Balaban J connectivity index is 1.59. The van der Waals surface area contributed by atoms with Gasteiger partial charge in [0.15, 0.2) is 0 Å². The smallest absolute Gasteiger partial charge is 0.243 e. The van der Waals surface area contributed by atoms with E-state index in [9.17, 15) is 4.79 Å². The van der Waals surface area contributed by atoms with Crippen molar-refractivity contribution in [3.8, 4) is 0 Å². The summed E-state index contributed by atoms with van der Waals surface area (Å²) in [4.78, 5) is 12.2. The van der Waals surface area contributed by atoms with Gasteiger partial charge in [-0.25, -0.2) is 0 Å². The van der Waals surface area contributed by atoms with Gasteiger partial charge < -0.3 is 10.6 Å². The monoisotopic (exact) mass is 244 g/mol. The molecular formula is C15H20N2O. The molecule has 2 N–H and O–H groups in total. The molecule has 1 aliphatic heterocycles. The van der Waals surface area contributed by atoms with E-state index < -0.39 is 0 Å². The van der Waals surface area contributed by atoms with Crippen LogP contribution >= 0.6 is 0 Å². The maximum absolute atomic E-state index is 12.2. The van der Waals surface area contributed by atoms with Crippen LogP contribution < -0.4 is 10.6 Å². The lowest BCUT2D eigenvalue weighted by Crippen LogP contribution is -2.43. The fourth-order valence-corrected chi connectivity index (χ4v) is 3.10. The molecule has 3 heteroatoms. The first kappa shape index (κ1) is 11.6. The number of para-hydroxylation sites is 1. The maximum Gasteiger partial charge on any atom is 0.243 e. The fraction of sp³-hybridized carbons (Fsp3) is 0.533. The molecule has 0 aromatic heterocycles. The van der Waals surface area contributed by atoms with Crippen LogP contribution in [0, 0.1) is 5.92 Å². The van der Waals surface area contributed by atoms with Crippen molar-refractivity contribution in [1.29, 1.82) is 0 Å². The Morgan fingerprint density at radius 3 is 2.89 bits per heavy atom. The molecule has 96 valence electrons. The summed E-state index contributed by atoms with van der Waals surface area (Å²) in [6.45, 7) is 2.26. The molecular weight excluding hydrogens is 224 g/mol. The Morgan fingerprint density at radius 2 is 2.17 bits per heavy atom. The van der Waals surface area contributed by atoms with Crippen molar-refractivity contribution in [2.45, 2.75) is 44.7 Å². The molecule has 1 amide bonds. The van der Waals surface area contributed by atoms with Crippen molar-refractivity contribution < 1.29 is 4.79 Å². The van der Waals surface area contributed by atoms with Gasteiger partial charge in [-0.2, -0.15) is 0 Å². The van der Waals surface area contributed by atoms with Gasteiger partial charge in [0, 0.05) is 18.2 Å². The number of carbonyl (C=O) groups excluding carboxylic acids is 1. The van der Waals surface area contributed by atoms with Gasteiger partial charge in [-0.15, -0.1) is 0 Å². The molecule has 18 heavy (non-hydrogen) atoms. The predicted molar refractivity (Wildman–Crippen MR) is 72.5 cm³/mol. The normalized spacial score (nSPS) is 29.7. The molecule has 3 nitrogen and oxygen atoms in total. The molecule has 1 aromatic rings. The quantitative estimate of drug-likeness (QED) is 0.838. The molecule has 1 aliphatic carbocycles. The first-order valence-corrected chi connectivity index (χ1v) is 6.87. The number of hydrogen-bond acceptors (Lipinski definition) is 2. The Kier molecular flexibility index (Phi) is 2.98. The Bertz CT molecular complexity index is 433. The van der Waals surface area contributed by atoms with Gasteiger partial charge in [0.25, 0.3) is 0 Å². The lowest BCUT2D eigenvalue weighted by Gasteiger charge is -2.16. The highest BCUT2D eigenvalue weighted by Gasteiger charge is 2.29.